The molecular formula is C24H24N2O4S. The molecule has 31 heavy (non-hydrogen) atoms. The molecule has 0 bridgehead atoms. The zero-order valence-electron chi connectivity index (χ0n) is 17.5. The van der Waals surface area contributed by atoms with Gasteiger partial charge in [-0.15, -0.1) is 11.3 Å². The van der Waals surface area contributed by atoms with Gasteiger partial charge in [-0.05, 0) is 42.7 Å². The lowest BCUT2D eigenvalue weighted by Crippen LogP contribution is -2.20. The van der Waals surface area contributed by atoms with Crippen molar-refractivity contribution < 1.29 is 14.2 Å². The van der Waals surface area contributed by atoms with Crippen LogP contribution in [0.25, 0.3) is 21.3 Å². The van der Waals surface area contributed by atoms with Gasteiger partial charge in [-0.25, -0.2) is 4.98 Å². The maximum absolute atomic E-state index is 13.2. The van der Waals surface area contributed by atoms with E-state index in [-0.39, 0.29) is 5.56 Å². The van der Waals surface area contributed by atoms with E-state index in [2.05, 4.69) is 4.98 Å². The minimum atomic E-state index is -0.0278. The summed E-state index contributed by atoms with van der Waals surface area (Å²) < 4.78 is 18.1. The number of ether oxygens (including phenoxy) is 3. The summed E-state index contributed by atoms with van der Waals surface area (Å²) in [7, 11) is 3.20. The molecule has 0 saturated carbocycles. The average molecular weight is 437 g/mol. The third kappa shape index (κ3) is 4.56. The van der Waals surface area contributed by atoms with Gasteiger partial charge < -0.3 is 14.2 Å². The number of hydrogen-bond acceptors (Lipinski definition) is 6. The third-order valence-corrected chi connectivity index (χ3v) is 5.95. The minimum Gasteiger partial charge on any atom is -0.494 e. The smallest absolute Gasteiger partial charge is 0.262 e. The molecule has 0 spiro atoms. The average Bonchev–Trinajstić information content (AvgIpc) is 3.25. The molecule has 0 fully saturated rings. The van der Waals surface area contributed by atoms with Gasteiger partial charge in [0.25, 0.3) is 5.56 Å². The highest BCUT2D eigenvalue weighted by Crippen LogP contribution is 2.36. The van der Waals surface area contributed by atoms with E-state index in [9.17, 15) is 4.79 Å². The van der Waals surface area contributed by atoms with Crippen molar-refractivity contribution in [3.05, 3.63) is 70.6 Å². The summed E-state index contributed by atoms with van der Waals surface area (Å²) in [6, 6.07) is 15.4. The molecular weight excluding hydrogens is 412 g/mol. The van der Waals surface area contributed by atoms with Crippen LogP contribution in [0.3, 0.4) is 0 Å². The predicted molar refractivity (Wildman–Crippen MR) is 124 cm³/mol. The molecule has 2 aromatic carbocycles. The second-order valence-corrected chi connectivity index (χ2v) is 7.87. The molecule has 4 aromatic rings. The highest BCUT2D eigenvalue weighted by atomic mass is 32.1. The van der Waals surface area contributed by atoms with Gasteiger partial charge in [-0.1, -0.05) is 24.3 Å². The molecule has 2 aromatic heterocycles. The van der Waals surface area contributed by atoms with Gasteiger partial charge in [-0.2, -0.15) is 0 Å². The molecule has 2 heterocycles. The highest BCUT2D eigenvalue weighted by molar-refractivity contribution is 7.17. The molecule has 0 amide bonds. The zero-order valence-corrected chi connectivity index (χ0v) is 18.4. The van der Waals surface area contributed by atoms with E-state index in [0.717, 1.165) is 34.5 Å². The Bertz CT molecular complexity index is 1220. The quantitative estimate of drug-likeness (QED) is 0.346. The first-order valence-electron chi connectivity index (χ1n) is 10.1. The molecule has 6 nitrogen and oxygen atoms in total. The summed E-state index contributed by atoms with van der Waals surface area (Å²) in [4.78, 5) is 18.4. The largest absolute Gasteiger partial charge is 0.494 e. The number of nitrogens with zero attached hydrogens (tertiary/aromatic N) is 2. The Hall–Kier alpha value is -3.32. The van der Waals surface area contributed by atoms with Crippen molar-refractivity contribution in [2.45, 2.75) is 19.4 Å². The third-order valence-electron chi connectivity index (χ3n) is 5.06. The first kappa shape index (κ1) is 20.9. The number of aryl methyl sites for hydroxylation is 1. The summed E-state index contributed by atoms with van der Waals surface area (Å²) in [5.41, 5.74) is 1.73. The molecule has 4 rings (SSSR count). The Balaban J connectivity index is 1.50. The van der Waals surface area contributed by atoms with Crippen molar-refractivity contribution in [2.24, 2.45) is 0 Å². The molecule has 0 N–H and O–H groups in total. The van der Waals surface area contributed by atoms with E-state index in [0.29, 0.717) is 30.0 Å². The van der Waals surface area contributed by atoms with Crippen molar-refractivity contribution in [3.8, 4) is 28.4 Å². The number of unbranched alkanes of at least 4 members (excludes halogenated alkanes) is 1. The van der Waals surface area contributed by atoms with Crippen molar-refractivity contribution >= 4 is 21.6 Å². The van der Waals surface area contributed by atoms with Crippen molar-refractivity contribution in [1.29, 1.82) is 0 Å². The van der Waals surface area contributed by atoms with E-state index in [1.807, 2.05) is 53.9 Å². The van der Waals surface area contributed by atoms with E-state index in [1.165, 1.54) is 11.3 Å². The van der Waals surface area contributed by atoms with Gasteiger partial charge in [-0.3, -0.25) is 9.36 Å². The molecule has 0 radical (unpaired) electrons. The number of thiophene rings is 1. The Morgan fingerprint density at radius 3 is 2.58 bits per heavy atom. The van der Waals surface area contributed by atoms with Crippen molar-refractivity contribution in [3.63, 3.8) is 0 Å². The van der Waals surface area contributed by atoms with Gasteiger partial charge in [0.2, 0.25) is 0 Å². The van der Waals surface area contributed by atoms with E-state index < -0.39 is 0 Å². The molecule has 0 aliphatic heterocycles. The fourth-order valence-corrected chi connectivity index (χ4v) is 4.34. The fourth-order valence-electron chi connectivity index (χ4n) is 3.43. The second kappa shape index (κ2) is 9.66. The van der Waals surface area contributed by atoms with Crippen LogP contribution in [0.1, 0.15) is 12.8 Å². The lowest BCUT2D eigenvalue weighted by Gasteiger charge is -2.10. The molecule has 160 valence electrons. The number of benzene rings is 2. The van der Waals surface area contributed by atoms with Crippen LogP contribution >= 0.6 is 11.3 Å². The van der Waals surface area contributed by atoms with Gasteiger partial charge in [0.15, 0.2) is 11.5 Å². The Morgan fingerprint density at radius 2 is 1.81 bits per heavy atom. The van der Waals surface area contributed by atoms with Crippen LogP contribution in [-0.4, -0.2) is 30.4 Å². The first-order valence-corrected chi connectivity index (χ1v) is 11.0. The van der Waals surface area contributed by atoms with Gasteiger partial charge in [0.05, 0.1) is 32.5 Å². The Kier molecular flexibility index (Phi) is 6.52. The lowest BCUT2D eigenvalue weighted by molar-refractivity contribution is 0.303. The first-order chi connectivity index (χ1) is 15.2. The summed E-state index contributed by atoms with van der Waals surface area (Å²) in [6.07, 6.45) is 3.32. The number of fused-ring (bicyclic) bond motifs is 1. The summed E-state index contributed by atoms with van der Waals surface area (Å²) in [5.74, 6) is 2.14. The lowest BCUT2D eigenvalue weighted by atomic mass is 10.1. The Morgan fingerprint density at radius 1 is 1.00 bits per heavy atom. The second-order valence-electron chi connectivity index (χ2n) is 7.01. The number of aromatic nitrogens is 2. The van der Waals surface area contributed by atoms with Crippen LogP contribution in [0.2, 0.25) is 0 Å². The maximum Gasteiger partial charge on any atom is 0.262 e. The van der Waals surface area contributed by atoms with Crippen LogP contribution in [0, 0.1) is 0 Å². The maximum atomic E-state index is 13.2. The van der Waals surface area contributed by atoms with E-state index >= 15 is 0 Å². The summed E-state index contributed by atoms with van der Waals surface area (Å²) >= 11 is 1.47. The van der Waals surface area contributed by atoms with Crippen LogP contribution < -0.4 is 19.8 Å². The fraction of sp³-hybridized carbons (Fsp3) is 0.250. The molecule has 7 heteroatoms. The van der Waals surface area contributed by atoms with Crippen LogP contribution in [0.5, 0.6) is 17.2 Å². The standard InChI is InChI=1S/C24H24N2O4S/c1-28-20-11-10-17(14-21(20)29-2)19-15-31-23-22(19)24(27)26(16-25-23)12-6-7-13-30-18-8-4-3-5-9-18/h3-5,8-11,14-16H,6-7,12-13H2,1-2H3. The van der Waals surface area contributed by atoms with Gasteiger partial charge >= 0.3 is 0 Å². The number of para-hydroxylation sites is 1. The number of methoxy groups -OCH3 is 2. The zero-order chi connectivity index (χ0) is 21.6. The molecule has 0 saturated heterocycles. The SMILES string of the molecule is COc1ccc(-c2csc3ncn(CCCCOc4ccccc4)c(=O)c23)cc1OC. The highest BCUT2D eigenvalue weighted by Gasteiger charge is 2.15. The monoisotopic (exact) mass is 436 g/mol. The molecule has 0 unspecified atom stereocenters. The van der Waals surface area contributed by atoms with Crippen LogP contribution in [0.15, 0.2) is 65.0 Å². The normalized spacial score (nSPS) is 10.9. The Labute approximate surface area is 184 Å². The van der Waals surface area contributed by atoms with E-state index in [1.54, 1.807) is 25.1 Å². The molecule has 0 aliphatic rings. The number of hydrogen-bond donors (Lipinski definition) is 0. The topological polar surface area (TPSA) is 62.6 Å². The van der Waals surface area contributed by atoms with Gasteiger partial charge in [0, 0.05) is 17.5 Å². The summed E-state index contributed by atoms with van der Waals surface area (Å²) in [6.45, 7) is 1.21. The van der Waals surface area contributed by atoms with Crippen LogP contribution in [0.4, 0.5) is 0 Å². The molecule has 0 atom stereocenters. The van der Waals surface area contributed by atoms with Gasteiger partial charge in [0.1, 0.15) is 10.6 Å². The minimum absolute atomic E-state index is 0.0278. The number of rotatable bonds is 9. The summed E-state index contributed by atoms with van der Waals surface area (Å²) in [5, 5.41) is 2.61. The van der Waals surface area contributed by atoms with Crippen LogP contribution in [-0.2, 0) is 6.54 Å². The van der Waals surface area contributed by atoms with Crippen molar-refractivity contribution in [2.75, 3.05) is 20.8 Å². The molecule has 0 aliphatic carbocycles. The van der Waals surface area contributed by atoms with Crippen molar-refractivity contribution in [1.82, 2.24) is 9.55 Å². The predicted octanol–water partition coefficient (Wildman–Crippen LogP) is 5.00. The van der Waals surface area contributed by atoms with E-state index in [4.69, 9.17) is 14.2 Å².